The van der Waals surface area contributed by atoms with Crippen LogP contribution < -0.4 is 16.0 Å². The highest BCUT2D eigenvalue weighted by Gasteiger charge is 2.18. The minimum absolute atomic E-state index is 0. The van der Waals surface area contributed by atoms with Gasteiger partial charge in [-0.2, -0.15) is 0 Å². The molecular formula is C20H23ClFN3O2. The summed E-state index contributed by atoms with van der Waals surface area (Å²) in [5.74, 6) is -1.05. The number of anilines is 1. The van der Waals surface area contributed by atoms with Gasteiger partial charge in [-0.1, -0.05) is 19.1 Å². The third-order valence-corrected chi connectivity index (χ3v) is 4.38. The molecule has 0 spiro atoms. The van der Waals surface area contributed by atoms with Crippen molar-refractivity contribution in [1.29, 1.82) is 0 Å². The highest BCUT2D eigenvalue weighted by Crippen LogP contribution is 2.25. The largest absolute Gasteiger partial charge is 0.352 e. The lowest BCUT2D eigenvalue weighted by molar-refractivity contribution is 0.0953. The second kappa shape index (κ2) is 9.48. The molecule has 0 radical (unpaired) electrons. The van der Waals surface area contributed by atoms with Crippen molar-refractivity contribution < 1.29 is 14.0 Å². The van der Waals surface area contributed by atoms with Crippen molar-refractivity contribution in [3.8, 4) is 0 Å². The van der Waals surface area contributed by atoms with Crippen molar-refractivity contribution in [2.24, 2.45) is 0 Å². The fourth-order valence-corrected chi connectivity index (χ4v) is 2.97. The van der Waals surface area contributed by atoms with Crippen LogP contribution in [0.25, 0.3) is 0 Å². The Kier molecular flexibility index (Phi) is 7.33. The fourth-order valence-electron chi connectivity index (χ4n) is 2.97. The minimum atomic E-state index is -0.442. The SMILES string of the molecule is CCCNC(=O)c1cccc(C(=O)Nc2ccc3c(c2F)CCNC3)c1.Cl. The molecule has 1 aliphatic rings. The molecule has 0 saturated carbocycles. The summed E-state index contributed by atoms with van der Waals surface area (Å²) in [5.41, 5.74) is 2.45. The van der Waals surface area contributed by atoms with Crippen LogP contribution in [0.4, 0.5) is 10.1 Å². The molecule has 3 rings (SSSR count). The first kappa shape index (κ1) is 20.9. The molecule has 144 valence electrons. The van der Waals surface area contributed by atoms with E-state index in [1.54, 1.807) is 24.3 Å². The molecule has 0 aliphatic carbocycles. The van der Waals surface area contributed by atoms with E-state index < -0.39 is 5.91 Å². The molecule has 2 amide bonds. The van der Waals surface area contributed by atoms with Crippen LogP contribution in [0, 0.1) is 5.82 Å². The molecule has 2 aromatic rings. The van der Waals surface area contributed by atoms with Gasteiger partial charge in [-0.25, -0.2) is 4.39 Å². The van der Waals surface area contributed by atoms with E-state index in [0.717, 1.165) is 18.5 Å². The Morgan fingerprint density at radius 2 is 1.89 bits per heavy atom. The zero-order chi connectivity index (χ0) is 18.5. The molecule has 1 aliphatic heterocycles. The molecule has 0 atom stereocenters. The molecule has 0 unspecified atom stereocenters. The van der Waals surface area contributed by atoms with Crippen molar-refractivity contribution in [3.05, 3.63) is 64.5 Å². The molecule has 3 N–H and O–H groups in total. The van der Waals surface area contributed by atoms with Gasteiger partial charge in [-0.3, -0.25) is 9.59 Å². The Balaban J connectivity index is 0.00000261. The summed E-state index contributed by atoms with van der Waals surface area (Å²) in [6, 6.07) is 9.82. The van der Waals surface area contributed by atoms with Gasteiger partial charge in [0.25, 0.3) is 11.8 Å². The van der Waals surface area contributed by atoms with Gasteiger partial charge in [0, 0.05) is 24.2 Å². The van der Waals surface area contributed by atoms with Crippen LogP contribution in [0.1, 0.15) is 45.2 Å². The van der Waals surface area contributed by atoms with E-state index >= 15 is 0 Å². The van der Waals surface area contributed by atoms with Gasteiger partial charge < -0.3 is 16.0 Å². The summed E-state index contributed by atoms with van der Waals surface area (Å²) in [7, 11) is 0. The summed E-state index contributed by atoms with van der Waals surface area (Å²) in [6.45, 7) is 3.89. The number of nitrogens with one attached hydrogen (secondary N) is 3. The van der Waals surface area contributed by atoms with E-state index in [0.29, 0.717) is 36.2 Å². The van der Waals surface area contributed by atoms with Crippen molar-refractivity contribution >= 4 is 29.9 Å². The number of halogens is 2. The number of fused-ring (bicyclic) bond motifs is 1. The maximum absolute atomic E-state index is 14.7. The highest BCUT2D eigenvalue weighted by molar-refractivity contribution is 6.06. The van der Waals surface area contributed by atoms with E-state index in [1.165, 1.54) is 6.07 Å². The van der Waals surface area contributed by atoms with E-state index in [4.69, 9.17) is 0 Å². The van der Waals surface area contributed by atoms with Crippen LogP contribution in [0.5, 0.6) is 0 Å². The number of benzene rings is 2. The standard InChI is InChI=1S/C20H22FN3O2.ClH/c1-2-9-23-19(25)13-4-3-5-14(11-13)20(26)24-17-7-6-15-12-22-10-8-16(15)18(17)21;/h3-7,11,22H,2,8-10,12H2,1H3,(H,23,25)(H,24,26);1H. The first-order valence-corrected chi connectivity index (χ1v) is 8.80. The number of amides is 2. The van der Waals surface area contributed by atoms with Crippen molar-refractivity contribution in [3.63, 3.8) is 0 Å². The first-order chi connectivity index (χ1) is 12.6. The molecule has 2 aromatic carbocycles. The highest BCUT2D eigenvalue weighted by atomic mass is 35.5. The van der Waals surface area contributed by atoms with Crippen molar-refractivity contribution in [2.75, 3.05) is 18.4 Å². The monoisotopic (exact) mass is 391 g/mol. The van der Waals surface area contributed by atoms with Crippen LogP contribution >= 0.6 is 12.4 Å². The van der Waals surface area contributed by atoms with Crippen LogP contribution in [-0.2, 0) is 13.0 Å². The molecule has 0 aromatic heterocycles. The van der Waals surface area contributed by atoms with E-state index in [-0.39, 0.29) is 29.8 Å². The molecule has 7 heteroatoms. The lowest BCUT2D eigenvalue weighted by Gasteiger charge is -2.19. The molecule has 0 saturated heterocycles. The summed E-state index contributed by atoms with van der Waals surface area (Å²) >= 11 is 0. The Morgan fingerprint density at radius 1 is 1.15 bits per heavy atom. The van der Waals surface area contributed by atoms with Gasteiger partial charge in [0.05, 0.1) is 5.69 Å². The molecular weight excluding hydrogens is 369 g/mol. The number of carbonyl (C=O) groups is 2. The van der Waals surface area contributed by atoms with Crippen LogP contribution in [0.15, 0.2) is 36.4 Å². The maximum Gasteiger partial charge on any atom is 0.255 e. The number of hydrogen-bond acceptors (Lipinski definition) is 3. The summed E-state index contributed by atoms with van der Waals surface area (Å²) in [5, 5.41) is 8.58. The maximum atomic E-state index is 14.7. The van der Waals surface area contributed by atoms with Crippen molar-refractivity contribution in [1.82, 2.24) is 10.6 Å². The molecule has 27 heavy (non-hydrogen) atoms. The first-order valence-electron chi connectivity index (χ1n) is 8.80. The Morgan fingerprint density at radius 3 is 2.63 bits per heavy atom. The number of carbonyl (C=O) groups excluding carboxylic acids is 2. The predicted octanol–water partition coefficient (Wildman–Crippen LogP) is 3.29. The van der Waals surface area contributed by atoms with E-state index in [1.807, 2.05) is 13.0 Å². The third kappa shape index (κ3) is 4.84. The van der Waals surface area contributed by atoms with Crippen molar-refractivity contribution in [2.45, 2.75) is 26.3 Å². The fraction of sp³-hybridized carbons (Fsp3) is 0.300. The normalized spacial score (nSPS) is 12.5. The average Bonchev–Trinajstić information content (AvgIpc) is 2.68. The van der Waals surface area contributed by atoms with Crippen LogP contribution in [0.2, 0.25) is 0 Å². The van der Waals surface area contributed by atoms with Gasteiger partial charge in [0.15, 0.2) is 0 Å². The van der Waals surface area contributed by atoms with Gasteiger partial charge in [0.2, 0.25) is 0 Å². The predicted molar refractivity (Wildman–Crippen MR) is 106 cm³/mol. The third-order valence-electron chi connectivity index (χ3n) is 4.38. The average molecular weight is 392 g/mol. The second-order valence-electron chi connectivity index (χ2n) is 6.28. The Bertz CT molecular complexity index is 842. The van der Waals surface area contributed by atoms with E-state index in [2.05, 4.69) is 16.0 Å². The van der Waals surface area contributed by atoms with E-state index in [9.17, 15) is 14.0 Å². The molecule has 5 nitrogen and oxygen atoms in total. The summed E-state index contributed by atoms with van der Waals surface area (Å²) in [6.07, 6.45) is 1.43. The number of rotatable bonds is 5. The topological polar surface area (TPSA) is 70.2 Å². The van der Waals surface area contributed by atoms with Crippen LogP contribution in [-0.4, -0.2) is 24.9 Å². The lowest BCUT2D eigenvalue weighted by atomic mass is 9.99. The quantitative estimate of drug-likeness (QED) is 0.732. The summed E-state index contributed by atoms with van der Waals surface area (Å²) < 4.78 is 14.7. The summed E-state index contributed by atoms with van der Waals surface area (Å²) in [4.78, 5) is 24.5. The lowest BCUT2D eigenvalue weighted by Crippen LogP contribution is -2.25. The number of hydrogen-bond donors (Lipinski definition) is 3. The Labute approximate surface area is 164 Å². The van der Waals surface area contributed by atoms with Gasteiger partial charge >= 0.3 is 0 Å². The Hall–Kier alpha value is -2.44. The smallest absolute Gasteiger partial charge is 0.255 e. The zero-order valence-corrected chi connectivity index (χ0v) is 15.9. The van der Waals surface area contributed by atoms with Crippen LogP contribution in [0.3, 0.4) is 0 Å². The van der Waals surface area contributed by atoms with Gasteiger partial charge in [-0.15, -0.1) is 12.4 Å². The van der Waals surface area contributed by atoms with Gasteiger partial charge in [-0.05, 0) is 54.8 Å². The zero-order valence-electron chi connectivity index (χ0n) is 15.1. The van der Waals surface area contributed by atoms with Gasteiger partial charge in [0.1, 0.15) is 5.82 Å². The molecule has 0 bridgehead atoms. The second-order valence-corrected chi connectivity index (χ2v) is 6.28. The molecule has 0 fully saturated rings. The minimum Gasteiger partial charge on any atom is -0.352 e. The molecule has 1 heterocycles.